The number of fused-ring (bicyclic) bond motifs is 1. The van der Waals surface area contributed by atoms with Crippen LogP contribution in [0.1, 0.15) is 23.2 Å². The Morgan fingerprint density at radius 3 is 2.67 bits per heavy atom. The molecule has 3 aromatic rings. The fourth-order valence-corrected chi connectivity index (χ4v) is 3.00. The fraction of sp³-hybridized carbons (Fsp3) is 0.273. The first-order chi connectivity index (χ1) is 9.79. The molecule has 0 aliphatic heterocycles. The van der Waals surface area contributed by atoms with Gasteiger partial charge in [0.25, 0.3) is 5.82 Å². The smallest absolute Gasteiger partial charge is 0.273 e. The summed E-state index contributed by atoms with van der Waals surface area (Å²) in [6.07, 6.45) is -3.13. The molecule has 0 spiro atoms. The standard InChI is InChI=1S/C11H8F3N5OS/c1-5-8(7-3-4-15-19(7)6(2)20)21-10-16-9(11(12,13)14)17-18(5)10/h3-4H,1-2H3. The first-order valence-corrected chi connectivity index (χ1v) is 6.59. The van der Waals surface area contributed by atoms with Crippen molar-refractivity contribution < 1.29 is 18.0 Å². The van der Waals surface area contributed by atoms with Crippen LogP contribution in [0.5, 0.6) is 0 Å². The summed E-state index contributed by atoms with van der Waals surface area (Å²) in [4.78, 5) is 15.7. The third-order valence-electron chi connectivity index (χ3n) is 2.84. The van der Waals surface area contributed by atoms with Crippen LogP contribution in [-0.2, 0) is 6.18 Å². The Morgan fingerprint density at radius 1 is 1.38 bits per heavy atom. The van der Waals surface area contributed by atoms with Crippen LogP contribution in [0.25, 0.3) is 15.5 Å². The zero-order valence-corrected chi connectivity index (χ0v) is 11.7. The summed E-state index contributed by atoms with van der Waals surface area (Å²) in [6, 6.07) is 1.62. The van der Waals surface area contributed by atoms with Crippen LogP contribution in [0, 0.1) is 6.92 Å². The van der Waals surface area contributed by atoms with Gasteiger partial charge in [0, 0.05) is 6.92 Å². The Bertz CT molecular complexity index is 844. The van der Waals surface area contributed by atoms with Gasteiger partial charge in [-0.15, -0.1) is 5.10 Å². The molecule has 0 amide bonds. The molecule has 110 valence electrons. The number of thiazole rings is 1. The van der Waals surface area contributed by atoms with Crippen molar-refractivity contribution in [3.63, 3.8) is 0 Å². The molecular weight excluding hydrogens is 307 g/mol. The maximum Gasteiger partial charge on any atom is 0.453 e. The van der Waals surface area contributed by atoms with Gasteiger partial charge in [0.15, 0.2) is 0 Å². The van der Waals surface area contributed by atoms with Gasteiger partial charge in [-0.25, -0.2) is 4.52 Å². The molecule has 0 bridgehead atoms. The molecule has 0 atom stereocenters. The van der Waals surface area contributed by atoms with Gasteiger partial charge in [0.2, 0.25) is 10.9 Å². The SMILES string of the molecule is CC(=O)n1nccc1-c1sc2nc(C(F)(F)F)nn2c1C. The summed E-state index contributed by atoms with van der Waals surface area (Å²) in [5.41, 5.74) is 0.979. The van der Waals surface area contributed by atoms with Crippen molar-refractivity contribution in [2.75, 3.05) is 0 Å². The first-order valence-electron chi connectivity index (χ1n) is 5.77. The minimum Gasteiger partial charge on any atom is -0.273 e. The molecule has 10 heteroatoms. The number of aryl methyl sites for hydroxylation is 1. The van der Waals surface area contributed by atoms with E-state index in [4.69, 9.17) is 0 Å². The quantitative estimate of drug-likeness (QED) is 0.692. The van der Waals surface area contributed by atoms with E-state index in [0.29, 0.717) is 16.3 Å². The number of alkyl halides is 3. The third kappa shape index (κ3) is 2.11. The van der Waals surface area contributed by atoms with Gasteiger partial charge in [-0.1, -0.05) is 11.3 Å². The largest absolute Gasteiger partial charge is 0.453 e. The number of carbonyl (C=O) groups is 1. The van der Waals surface area contributed by atoms with Crippen LogP contribution < -0.4 is 0 Å². The van der Waals surface area contributed by atoms with E-state index in [-0.39, 0.29) is 10.9 Å². The number of aromatic nitrogens is 5. The van der Waals surface area contributed by atoms with E-state index in [0.717, 1.165) is 15.9 Å². The Hall–Kier alpha value is -2.23. The van der Waals surface area contributed by atoms with E-state index >= 15 is 0 Å². The van der Waals surface area contributed by atoms with Gasteiger partial charge in [0.1, 0.15) is 0 Å². The number of hydrogen-bond acceptors (Lipinski definition) is 5. The van der Waals surface area contributed by atoms with E-state index in [9.17, 15) is 18.0 Å². The normalized spacial score (nSPS) is 12.2. The summed E-state index contributed by atoms with van der Waals surface area (Å²) in [6.45, 7) is 2.97. The molecule has 0 fully saturated rings. The molecule has 21 heavy (non-hydrogen) atoms. The van der Waals surface area contributed by atoms with E-state index in [1.165, 1.54) is 17.8 Å². The van der Waals surface area contributed by atoms with Gasteiger partial charge in [-0.2, -0.15) is 27.9 Å². The molecule has 6 nitrogen and oxygen atoms in total. The maximum atomic E-state index is 12.6. The summed E-state index contributed by atoms with van der Waals surface area (Å²) in [5, 5.41) is 7.35. The molecule has 3 rings (SSSR count). The highest BCUT2D eigenvalue weighted by molar-refractivity contribution is 7.20. The van der Waals surface area contributed by atoms with Gasteiger partial charge >= 0.3 is 6.18 Å². The predicted molar refractivity (Wildman–Crippen MR) is 68.1 cm³/mol. The van der Waals surface area contributed by atoms with Gasteiger partial charge in [-0.05, 0) is 13.0 Å². The van der Waals surface area contributed by atoms with Crippen molar-refractivity contribution in [1.82, 2.24) is 24.4 Å². The van der Waals surface area contributed by atoms with E-state index in [1.807, 2.05) is 0 Å². The number of hydrogen-bond donors (Lipinski definition) is 0. The van der Waals surface area contributed by atoms with Crippen molar-refractivity contribution >= 4 is 22.2 Å². The molecule has 0 unspecified atom stereocenters. The van der Waals surface area contributed by atoms with Crippen LogP contribution >= 0.6 is 11.3 Å². The molecule has 0 aliphatic rings. The second-order valence-corrected chi connectivity index (χ2v) is 5.27. The van der Waals surface area contributed by atoms with Gasteiger partial charge in [0.05, 0.1) is 22.5 Å². The Morgan fingerprint density at radius 2 is 2.10 bits per heavy atom. The summed E-state index contributed by atoms with van der Waals surface area (Å²) in [7, 11) is 0. The Kier molecular flexibility index (Phi) is 2.87. The third-order valence-corrected chi connectivity index (χ3v) is 4.00. The minimum atomic E-state index is -4.58. The van der Waals surface area contributed by atoms with Crippen molar-refractivity contribution in [2.24, 2.45) is 0 Å². The van der Waals surface area contributed by atoms with Crippen molar-refractivity contribution in [2.45, 2.75) is 20.0 Å². The highest BCUT2D eigenvalue weighted by Gasteiger charge is 2.37. The Balaban J connectivity index is 2.17. The predicted octanol–water partition coefficient (Wildman–Crippen LogP) is 2.64. The van der Waals surface area contributed by atoms with Gasteiger partial charge < -0.3 is 0 Å². The minimum absolute atomic E-state index is 0.117. The van der Waals surface area contributed by atoms with E-state index in [2.05, 4.69) is 15.2 Å². The summed E-state index contributed by atoms with van der Waals surface area (Å²) < 4.78 is 40.1. The highest BCUT2D eigenvalue weighted by atomic mass is 32.1. The van der Waals surface area contributed by atoms with E-state index in [1.54, 1.807) is 13.0 Å². The molecule has 0 aromatic carbocycles. The van der Waals surface area contributed by atoms with E-state index < -0.39 is 12.0 Å². The van der Waals surface area contributed by atoms with Crippen molar-refractivity contribution in [3.8, 4) is 10.6 Å². The van der Waals surface area contributed by atoms with Crippen LogP contribution in [0.4, 0.5) is 13.2 Å². The lowest BCUT2D eigenvalue weighted by atomic mass is 10.3. The average Bonchev–Trinajstić information content (AvgIpc) is 3.03. The topological polar surface area (TPSA) is 65.1 Å². The molecule has 0 aliphatic carbocycles. The second-order valence-electron chi connectivity index (χ2n) is 4.29. The number of carbonyl (C=O) groups excluding carboxylic acids is 1. The molecule has 0 saturated carbocycles. The molecular formula is C11H8F3N5OS. The van der Waals surface area contributed by atoms with Crippen LogP contribution in [0.2, 0.25) is 0 Å². The Labute approximate surface area is 119 Å². The van der Waals surface area contributed by atoms with Crippen molar-refractivity contribution in [3.05, 3.63) is 23.8 Å². The molecule has 0 saturated heterocycles. The van der Waals surface area contributed by atoms with Gasteiger partial charge in [-0.3, -0.25) is 4.79 Å². The molecule has 3 aromatic heterocycles. The van der Waals surface area contributed by atoms with Crippen LogP contribution in [0.15, 0.2) is 12.3 Å². The average molecular weight is 315 g/mol. The summed E-state index contributed by atoms with van der Waals surface area (Å²) >= 11 is 1.03. The highest BCUT2D eigenvalue weighted by Crippen LogP contribution is 2.34. The lowest BCUT2D eigenvalue weighted by Gasteiger charge is -2.02. The molecule has 0 radical (unpaired) electrons. The van der Waals surface area contributed by atoms with Crippen LogP contribution in [0.3, 0.4) is 0 Å². The van der Waals surface area contributed by atoms with Crippen LogP contribution in [-0.4, -0.2) is 30.3 Å². The molecule has 0 N–H and O–H groups in total. The van der Waals surface area contributed by atoms with Crippen molar-refractivity contribution in [1.29, 1.82) is 0 Å². The maximum absolute atomic E-state index is 12.6. The number of nitrogens with zero attached hydrogens (tertiary/aromatic N) is 5. The number of rotatable bonds is 1. The zero-order chi connectivity index (χ0) is 15.4. The monoisotopic (exact) mass is 315 g/mol. The molecule has 3 heterocycles. The fourth-order valence-electron chi connectivity index (χ4n) is 1.93. The lowest BCUT2D eigenvalue weighted by molar-refractivity contribution is -0.144. The number of halogens is 3. The second kappa shape index (κ2) is 4.38. The lowest BCUT2D eigenvalue weighted by Crippen LogP contribution is -2.09. The summed E-state index contributed by atoms with van der Waals surface area (Å²) in [5.74, 6) is -1.46. The first kappa shape index (κ1) is 13.7. The zero-order valence-electron chi connectivity index (χ0n) is 10.8.